The maximum absolute atomic E-state index is 12.3. The summed E-state index contributed by atoms with van der Waals surface area (Å²) >= 11 is 5.86. The largest absolute Gasteiger partial charge is 0.351 e. The fourth-order valence-corrected chi connectivity index (χ4v) is 2.76. The van der Waals surface area contributed by atoms with Crippen LogP contribution in [-0.4, -0.2) is 22.4 Å². The van der Waals surface area contributed by atoms with E-state index in [1.807, 2.05) is 30.3 Å². The second kappa shape index (κ2) is 9.14. The van der Waals surface area contributed by atoms with Crippen LogP contribution in [0.5, 0.6) is 0 Å². The van der Waals surface area contributed by atoms with Gasteiger partial charge in [0.1, 0.15) is 11.5 Å². The van der Waals surface area contributed by atoms with Crippen molar-refractivity contribution < 1.29 is 4.79 Å². The first-order valence-electron chi connectivity index (χ1n) is 8.79. The molecule has 3 aromatic rings. The molecule has 2 aromatic carbocycles. The van der Waals surface area contributed by atoms with Crippen LogP contribution in [0, 0.1) is 0 Å². The molecule has 0 saturated carbocycles. The predicted octanol–water partition coefficient (Wildman–Crippen LogP) is 4.09. The maximum Gasteiger partial charge on any atom is 0.271 e. The van der Waals surface area contributed by atoms with Crippen LogP contribution in [0.25, 0.3) is 0 Å². The van der Waals surface area contributed by atoms with Crippen molar-refractivity contribution in [2.45, 2.75) is 20.0 Å². The van der Waals surface area contributed by atoms with Crippen LogP contribution in [-0.2, 0) is 13.1 Å². The van der Waals surface area contributed by atoms with Crippen LogP contribution >= 0.6 is 11.6 Å². The van der Waals surface area contributed by atoms with E-state index >= 15 is 0 Å². The fourth-order valence-electron chi connectivity index (χ4n) is 2.64. The zero-order chi connectivity index (χ0) is 19.1. The number of amides is 1. The normalized spacial score (nSPS) is 10.4. The number of nitrogens with one attached hydrogen (secondary N) is 1. The van der Waals surface area contributed by atoms with E-state index in [2.05, 4.69) is 39.2 Å². The number of carbonyl (C=O) groups excluding carboxylic acids is 1. The van der Waals surface area contributed by atoms with Crippen LogP contribution in [0.4, 0.5) is 5.82 Å². The number of rotatable bonds is 7. The number of hydrogen-bond donors (Lipinski definition) is 1. The predicted molar refractivity (Wildman–Crippen MR) is 108 cm³/mol. The van der Waals surface area contributed by atoms with Gasteiger partial charge in [0.2, 0.25) is 0 Å². The first kappa shape index (κ1) is 18.9. The van der Waals surface area contributed by atoms with Gasteiger partial charge in [-0.15, -0.1) is 0 Å². The summed E-state index contributed by atoms with van der Waals surface area (Å²) in [5.41, 5.74) is 2.46. The van der Waals surface area contributed by atoms with Crippen molar-refractivity contribution >= 4 is 23.3 Å². The number of hydrogen-bond acceptors (Lipinski definition) is 4. The molecule has 0 saturated heterocycles. The summed E-state index contributed by atoms with van der Waals surface area (Å²) in [5.74, 6) is 0.491. The topological polar surface area (TPSA) is 58.1 Å². The molecule has 6 heteroatoms. The van der Waals surface area contributed by atoms with Gasteiger partial charge in [-0.2, -0.15) is 0 Å². The van der Waals surface area contributed by atoms with Crippen molar-refractivity contribution in [2.75, 3.05) is 11.4 Å². The highest BCUT2D eigenvalue weighted by molar-refractivity contribution is 6.30. The Bertz CT molecular complexity index is 867. The van der Waals surface area contributed by atoms with E-state index < -0.39 is 0 Å². The first-order valence-corrected chi connectivity index (χ1v) is 9.17. The molecule has 1 heterocycles. The van der Waals surface area contributed by atoms with E-state index in [0.29, 0.717) is 17.3 Å². The van der Waals surface area contributed by atoms with E-state index in [0.717, 1.165) is 24.5 Å². The lowest BCUT2D eigenvalue weighted by atomic mass is 10.2. The molecule has 5 nitrogen and oxygen atoms in total. The number of halogens is 1. The molecular weight excluding hydrogens is 360 g/mol. The van der Waals surface area contributed by atoms with Crippen molar-refractivity contribution in [2.24, 2.45) is 0 Å². The van der Waals surface area contributed by atoms with Crippen LogP contribution < -0.4 is 10.2 Å². The fraction of sp³-hybridized carbons (Fsp3) is 0.190. The average Bonchev–Trinajstić information content (AvgIpc) is 2.72. The molecule has 0 aliphatic carbocycles. The van der Waals surface area contributed by atoms with Crippen LogP contribution in [0.3, 0.4) is 0 Å². The van der Waals surface area contributed by atoms with E-state index in [-0.39, 0.29) is 5.91 Å². The Balaban J connectivity index is 1.61. The van der Waals surface area contributed by atoms with E-state index in [1.54, 1.807) is 18.3 Å². The molecule has 1 aromatic heterocycles. The van der Waals surface area contributed by atoms with Crippen molar-refractivity contribution in [3.8, 4) is 0 Å². The van der Waals surface area contributed by atoms with E-state index in [9.17, 15) is 4.79 Å². The Labute approximate surface area is 164 Å². The lowest BCUT2D eigenvalue weighted by molar-refractivity contribution is 0.0945. The number of carbonyl (C=O) groups is 1. The van der Waals surface area contributed by atoms with Crippen molar-refractivity contribution in [1.82, 2.24) is 15.3 Å². The molecule has 1 amide bonds. The maximum atomic E-state index is 12.3. The first-order chi connectivity index (χ1) is 13.2. The monoisotopic (exact) mass is 380 g/mol. The van der Waals surface area contributed by atoms with E-state index in [1.165, 1.54) is 11.8 Å². The van der Waals surface area contributed by atoms with Gasteiger partial charge in [0.15, 0.2) is 0 Å². The lowest BCUT2D eigenvalue weighted by Gasteiger charge is -2.21. The summed E-state index contributed by atoms with van der Waals surface area (Å²) in [6.45, 7) is 4.02. The Kier molecular flexibility index (Phi) is 6.39. The van der Waals surface area contributed by atoms with Crippen molar-refractivity contribution in [3.05, 3.63) is 88.8 Å². The summed E-state index contributed by atoms with van der Waals surface area (Å²) in [6, 6.07) is 17.5. The molecule has 0 atom stereocenters. The zero-order valence-electron chi connectivity index (χ0n) is 15.1. The van der Waals surface area contributed by atoms with Crippen LogP contribution in [0.1, 0.15) is 28.5 Å². The van der Waals surface area contributed by atoms with Crippen LogP contribution in [0.15, 0.2) is 67.0 Å². The molecule has 0 bridgehead atoms. The highest BCUT2D eigenvalue weighted by Gasteiger charge is 2.11. The third-order valence-electron chi connectivity index (χ3n) is 4.16. The Morgan fingerprint density at radius 1 is 1.00 bits per heavy atom. The number of anilines is 1. The molecule has 3 rings (SSSR count). The summed E-state index contributed by atoms with van der Waals surface area (Å²) in [6.07, 6.45) is 3.16. The van der Waals surface area contributed by atoms with Gasteiger partial charge in [-0.25, -0.2) is 9.97 Å². The minimum absolute atomic E-state index is 0.255. The third-order valence-corrected chi connectivity index (χ3v) is 4.41. The Hall–Kier alpha value is -2.92. The summed E-state index contributed by atoms with van der Waals surface area (Å²) in [5, 5.41) is 3.51. The molecule has 0 aliphatic heterocycles. The smallest absolute Gasteiger partial charge is 0.271 e. The summed E-state index contributed by atoms with van der Waals surface area (Å²) in [4.78, 5) is 23.1. The molecular formula is C21H21ClN4O. The van der Waals surface area contributed by atoms with Crippen molar-refractivity contribution in [1.29, 1.82) is 0 Å². The van der Waals surface area contributed by atoms with Gasteiger partial charge in [0.05, 0.1) is 12.4 Å². The van der Waals surface area contributed by atoms with Crippen LogP contribution in [0.2, 0.25) is 5.02 Å². The van der Waals surface area contributed by atoms with Gasteiger partial charge in [-0.3, -0.25) is 4.79 Å². The second-order valence-corrected chi connectivity index (χ2v) is 6.51. The molecule has 1 N–H and O–H groups in total. The van der Waals surface area contributed by atoms with Gasteiger partial charge < -0.3 is 10.2 Å². The van der Waals surface area contributed by atoms with Gasteiger partial charge in [0, 0.05) is 24.7 Å². The standard InChI is InChI=1S/C21H21ClN4O/c1-2-26(15-17-6-4-3-5-7-17)20-14-23-19(13-24-20)21(27)25-12-16-8-10-18(22)11-9-16/h3-11,13-14H,2,12,15H2,1H3,(H,25,27). The molecule has 0 unspecified atom stereocenters. The van der Waals surface area contributed by atoms with Gasteiger partial charge in [-0.1, -0.05) is 54.1 Å². The van der Waals surface area contributed by atoms with E-state index in [4.69, 9.17) is 11.6 Å². The van der Waals surface area contributed by atoms with Gasteiger partial charge in [-0.05, 0) is 30.2 Å². The summed E-state index contributed by atoms with van der Waals surface area (Å²) in [7, 11) is 0. The van der Waals surface area contributed by atoms with Crippen molar-refractivity contribution in [3.63, 3.8) is 0 Å². The SMILES string of the molecule is CCN(Cc1ccccc1)c1cnc(C(=O)NCc2ccc(Cl)cc2)cn1. The minimum Gasteiger partial charge on any atom is -0.351 e. The highest BCUT2D eigenvalue weighted by atomic mass is 35.5. The van der Waals surface area contributed by atoms with Gasteiger partial charge >= 0.3 is 0 Å². The minimum atomic E-state index is -0.255. The summed E-state index contributed by atoms with van der Waals surface area (Å²) < 4.78 is 0. The molecule has 0 fully saturated rings. The molecule has 138 valence electrons. The lowest BCUT2D eigenvalue weighted by Crippen LogP contribution is -2.26. The highest BCUT2D eigenvalue weighted by Crippen LogP contribution is 2.14. The zero-order valence-corrected chi connectivity index (χ0v) is 15.9. The third kappa shape index (κ3) is 5.28. The number of aromatic nitrogens is 2. The Morgan fingerprint density at radius 2 is 1.74 bits per heavy atom. The second-order valence-electron chi connectivity index (χ2n) is 6.07. The number of benzene rings is 2. The Morgan fingerprint density at radius 3 is 2.37 bits per heavy atom. The molecule has 0 radical (unpaired) electrons. The average molecular weight is 381 g/mol. The molecule has 0 spiro atoms. The van der Waals surface area contributed by atoms with Gasteiger partial charge in [0.25, 0.3) is 5.91 Å². The quantitative estimate of drug-likeness (QED) is 0.670. The molecule has 27 heavy (non-hydrogen) atoms. The number of nitrogens with zero attached hydrogens (tertiary/aromatic N) is 3. The molecule has 0 aliphatic rings.